The van der Waals surface area contributed by atoms with Crippen molar-refractivity contribution < 1.29 is 4.52 Å². The molecule has 4 heterocycles. The lowest BCUT2D eigenvalue weighted by Gasteiger charge is -2.33. The quantitative estimate of drug-likeness (QED) is 0.651. The lowest BCUT2D eigenvalue weighted by molar-refractivity contribution is 0.391. The number of piperidine rings is 1. The first-order valence-electron chi connectivity index (χ1n) is 9.73. The van der Waals surface area contributed by atoms with Gasteiger partial charge in [0.1, 0.15) is 22.7 Å². The molecule has 0 saturated carbocycles. The molecule has 1 fully saturated rings. The van der Waals surface area contributed by atoms with Crippen LogP contribution < -0.4 is 10.2 Å². The summed E-state index contributed by atoms with van der Waals surface area (Å²) < 4.78 is 5.24. The summed E-state index contributed by atoms with van der Waals surface area (Å²) in [6.07, 6.45) is 6.15. The maximum absolute atomic E-state index is 5.24. The van der Waals surface area contributed by atoms with Crippen LogP contribution >= 0.6 is 11.3 Å². The van der Waals surface area contributed by atoms with Crippen LogP contribution in [0, 0.1) is 20.8 Å². The molecule has 0 bridgehead atoms. The molecule has 1 aliphatic rings. The highest BCUT2D eigenvalue weighted by Crippen LogP contribution is 2.31. The second-order valence-electron chi connectivity index (χ2n) is 7.39. The van der Waals surface area contributed by atoms with Gasteiger partial charge in [-0.25, -0.2) is 9.97 Å². The highest BCUT2D eigenvalue weighted by molar-refractivity contribution is 7.18. The Kier molecular flexibility index (Phi) is 5.41. The average Bonchev–Trinajstić information content (AvgIpc) is 3.21. The Balaban J connectivity index is 1.26. The molecular formula is C20H27N5OS. The molecule has 4 rings (SSSR count). The number of aryl methyl sites for hydroxylation is 3. The van der Waals surface area contributed by atoms with E-state index in [-0.39, 0.29) is 0 Å². The summed E-state index contributed by atoms with van der Waals surface area (Å²) in [5.41, 5.74) is 2.30. The fourth-order valence-electron chi connectivity index (χ4n) is 3.94. The van der Waals surface area contributed by atoms with E-state index in [1.807, 2.05) is 13.8 Å². The van der Waals surface area contributed by atoms with Gasteiger partial charge in [-0.05, 0) is 59.1 Å². The number of anilines is 1. The van der Waals surface area contributed by atoms with E-state index in [4.69, 9.17) is 4.52 Å². The summed E-state index contributed by atoms with van der Waals surface area (Å²) in [7, 11) is 0. The van der Waals surface area contributed by atoms with Crippen LogP contribution in [0.15, 0.2) is 16.9 Å². The highest BCUT2D eigenvalue weighted by Gasteiger charge is 2.22. The van der Waals surface area contributed by atoms with Crippen LogP contribution in [0.5, 0.6) is 0 Å². The van der Waals surface area contributed by atoms with Gasteiger partial charge in [-0.3, -0.25) is 0 Å². The van der Waals surface area contributed by atoms with Gasteiger partial charge >= 0.3 is 0 Å². The van der Waals surface area contributed by atoms with Gasteiger partial charge in [0, 0.05) is 29.6 Å². The molecule has 3 aromatic rings. The van der Waals surface area contributed by atoms with Crippen LogP contribution in [0.25, 0.3) is 10.2 Å². The maximum Gasteiger partial charge on any atom is 0.140 e. The molecule has 144 valence electrons. The molecular weight excluding hydrogens is 358 g/mol. The lowest BCUT2D eigenvalue weighted by Crippen LogP contribution is -2.43. The summed E-state index contributed by atoms with van der Waals surface area (Å²) in [5, 5.41) is 8.96. The number of thiophene rings is 1. The zero-order chi connectivity index (χ0) is 18.8. The monoisotopic (exact) mass is 385 g/mol. The average molecular weight is 386 g/mol. The molecule has 0 radical (unpaired) electrons. The molecule has 3 aromatic heterocycles. The fraction of sp³-hybridized carbons (Fsp3) is 0.550. The third-order valence-corrected chi connectivity index (χ3v) is 6.40. The van der Waals surface area contributed by atoms with Crippen molar-refractivity contribution in [3.63, 3.8) is 0 Å². The molecule has 1 saturated heterocycles. The van der Waals surface area contributed by atoms with Crippen molar-refractivity contribution in [3.8, 4) is 0 Å². The van der Waals surface area contributed by atoms with Gasteiger partial charge in [0.05, 0.1) is 11.1 Å². The number of aromatic nitrogens is 3. The zero-order valence-corrected chi connectivity index (χ0v) is 17.1. The predicted molar refractivity (Wildman–Crippen MR) is 110 cm³/mol. The van der Waals surface area contributed by atoms with E-state index >= 15 is 0 Å². The number of rotatable bonds is 6. The van der Waals surface area contributed by atoms with Crippen molar-refractivity contribution in [1.82, 2.24) is 20.4 Å². The van der Waals surface area contributed by atoms with Crippen molar-refractivity contribution in [2.75, 3.05) is 24.5 Å². The number of hydrogen-bond acceptors (Lipinski definition) is 7. The van der Waals surface area contributed by atoms with Crippen LogP contribution in [0.1, 0.15) is 41.2 Å². The molecule has 1 N–H and O–H groups in total. The molecule has 0 aromatic carbocycles. The first-order chi connectivity index (χ1) is 13.1. The van der Waals surface area contributed by atoms with Crippen LogP contribution in [0.2, 0.25) is 0 Å². The summed E-state index contributed by atoms with van der Waals surface area (Å²) >= 11 is 1.74. The number of hydrogen-bond donors (Lipinski definition) is 1. The second kappa shape index (κ2) is 7.94. The van der Waals surface area contributed by atoms with E-state index in [1.54, 1.807) is 17.7 Å². The predicted octanol–water partition coefficient (Wildman–Crippen LogP) is 3.80. The molecule has 0 aliphatic carbocycles. The second-order valence-corrected chi connectivity index (χ2v) is 8.63. The zero-order valence-electron chi connectivity index (χ0n) is 16.3. The number of fused-ring (bicyclic) bond motifs is 1. The Morgan fingerprint density at radius 2 is 2.04 bits per heavy atom. The molecule has 0 atom stereocenters. The maximum atomic E-state index is 5.24. The van der Waals surface area contributed by atoms with Gasteiger partial charge < -0.3 is 14.7 Å². The Morgan fingerprint density at radius 1 is 1.22 bits per heavy atom. The first kappa shape index (κ1) is 18.4. The summed E-state index contributed by atoms with van der Waals surface area (Å²) in [6.45, 7) is 9.28. The van der Waals surface area contributed by atoms with E-state index in [0.29, 0.717) is 6.04 Å². The summed E-state index contributed by atoms with van der Waals surface area (Å²) in [4.78, 5) is 13.8. The van der Waals surface area contributed by atoms with Gasteiger partial charge in [0.2, 0.25) is 0 Å². The van der Waals surface area contributed by atoms with E-state index in [9.17, 15) is 0 Å². The normalized spacial score (nSPS) is 15.7. The summed E-state index contributed by atoms with van der Waals surface area (Å²) in [6, 6.07) is 2.81. The Labute approximate surface area is 164 Å². The van der Waals surface area contributed by atoms with Crippen molar-refractivity contribution in [3.05, 3.63) is 34.3 Å². The van der Waals surface area contributed by atoms with Crippen LogP contribution in [-0.4, -0.2) is 40.8 Å². The largest absolute Gasteiger partial charge is 0.361 e. The number of nitrogens with one attached hydrogen (secondary N) is 1. The standard InChI is InChI=1S/C20H27N5OS/c1-13-11-18-19(22-12-23-20(18)27-13)25-9-6-16(7-10-25)21-8-4-5-17-14(2)24-26-15(17)3/h11-12,16,21H,4-10H2,1-3H3. The minimum Gasteiger partial charge on any atom is -0.361 e. The fourth-order valence-corrected chi connectivity index (χ4v) is 4.78. The minimum atomic E-state index is 0.590. The molecule has 1 aliphatic heterocycles. The van der Waals surface area contributed by atoms with E-state index in [0.717, 1.165) is 67.4 Å². The molecule has 27 heavy (non-hydrogen) atoms. The third-order valence-electron chi connectivity index (χ3n) is 5.44. The highest BCUT2D eigenvalue weighted by atomic mass is 32.1. The van der Waals surface area contributed by atoms with Crippen molar-refractivity contribution >= 4 is 27.4 Å². The van der Waals surface area contributed by atoms with Gasteiger partial charge in [0.25, 0.3) is 0 Å². The minimum absolute atomic E-state index is 0.590. The lowest BCUT2D eigenvalue weighted by atomic mass is 10.0. The van der Waals surface area contributed by atoms with Crippen molar-refractivity contribution in [2.24, 2.45) is 0 Å². The molecule has 0 spiro atoms. The molecule has 0 amide bonds. The van der Waals surface area contributed by atoms with Gasteiger partial charge in [-0.15, -0.1) is 11.3 Å². The topological polar surface area (TPSA) is 67.1 Å². The van der Waals surface area contributed by atoms with Crippen molar-refractivity contribution in [2.45, 2.75) is 52.5 Å². The Hall–Kier alpha value is -1.99. The number of nitrogens with zero attached hydrogens (tertiary/aromatic N) is 4. The van der Waals surface area contributed by atoms with Crippen LogP contribution in [-0.2, 0) is 6.42 Å². The molecule has 7 heteroatoms. The molecule has 6 nitrogen and oxygen atoms in total. The van der Waals surface area contributed by atoms with E-state index < -0.39 is 0 Å². The first-order valence-corrected chi connectivity index (χ1v) is 10.5. The third kappa shape index (κ3) is 3.99. The van der Waals surface area contributed by atoms with E-state index in [2.05, 4.69) is 38.3 Å². The Bertz CT molecular complexity index is 891. The van der Waals surface area contributed by atoms with E-state index in [1.165, 1.54) is 15.8 Å². The van der Waals surface area contributed by atoms with Gasteiger partial charge in [0.15, 0.2) is 0 Å². The van der Waals surface area contributed by atoms with Gasteiger partial charge in [-0.2, -0.15) is 0 Å². The van der Waals surface area contributed by atoms with Crippen molar-refractivity contribution in [1.29, 1.82) is 0 Å². The molecule has 0 unspecified atom stereocenters. The van der Waals surface area contributed by atoms with Gasteiger partial charge in [-0.1, -0.05) is 5.16 Å². The SMILES string of the molecule is Cc1cc2c(N3CCC(NCCCc4c(C)noc4C)CC3)ncnc2s1. The van der Waals surface area contributed by atoms with Crippen LogP contribution in [0.3, 0.4) is 0 Å². The summed E-state index contributed by atoms with van der Waals surface area (Å²) in [5.74, 6) is 2.06. The Morgan fingerprint density at radius 3 is 2.78 bits per heavy atom. The smallest absolute Gasteiger partial charge is 0.140 e. The van der Waals surface area contributed by atoms with Crippen LogP contribution in [0.4, 0.5) is 5.82 Å².